The number of hydrogen-bond donors (Lipinski definition) is 2. The number of hydrazine groups is 2. The Morgan fingerprint density at radius 2 is 1.94 bits per heavy atom. The molecular weight excluding hydrogens is 462 g/mol. The number of rotatable bonds is 3. The minimum atomic E-state index is -0.161. The summed E-state index contributed by atoms with van der Waals surface area (Å²) in [5, 5.41) is 2.72. The first-order chi connectivity index (χ1) is 16.8. The van der Waals surface area contributed by atoms with E-state index in [-0.39, 0.29) is 17.9 Å². The number of carbonyl (C=O) groups is 2. The summed E-state index contributed by atoms with van der Waals surface area (Å²) in [5.41, 5.74) is 14.0. The molecular formula is C27H30ClN5O2. The molecule has 3 aliphatic rings. The Kier molecular flexibility index (Phi) is 6.30. The molecule has 3 aliphatic heterocycles. The van der Waals surface area contributed by atoms with Crippen LogP contribution >= 0.6 is 11.6 Å². The van der Waals surface area contributed by atoms with Crippen LogP contribution in [-0.2, 0) is 9.59 Å². The Bertz CT molecular complexity index is 1250. The minimum absolute atomic E-state index is 0.0264. The maximum Gasteiger partial charge on any atom is 0.224 e. The van der Waals surface area contributed by atoms with E-state index in [1.165, 1.54) is 5.57 Å². The lowest BCUT2D eigenvalue weighted by Gasteiger charge is -2.32. The molecule has 0 aromatic heterocycles. The standard InChI is InChI=1S/C27H30ClN5O2/c1-17-27-24-8-7-21(20-9-12-31(13-10-20)18(2)34)15-25(24)26(11-14-32(27)30-29-17)33(19(3)35)23-6-4-5-22(28)16-23/h4-9,15-16,26,29-30H,10-14H2,1-3H3. The summed E-state index contributed by atoms with van der Waals surface area (Å²) in [4.78, 5) is 28.6. The average Bonchev–Trinajstić information content (AvgIpc) is 3.12. The van der Waals surface area contributed by atoms with E-state index in [9.17, 15) is 9.59 Å². The second-order valence-corrected chi connectivity index (χ2v) is 9.72. The summed E-state index contributed by atoms with van der Waals surface area (Å²) in [6.45, 7) is 7.36. The van der Waals surface area contributed by atoms with Gasteiger partial charge in [-0.1, -0.05) is 35.9 Å². The first-order valence-electron chi connectivity index (χ1n) is 12.0. The minimum Gasteiger partial charge on any atom is -0.339 e. The normalized spacial score (nSPS) is 19.4. The van der Waals surface area contributed by atoms with Gasteiger partial charge in [0.25, 0.3) is 0 Å². The van der Waals surface area contributed by atoms with E-state index in [4.69, 9.17) is 11.6 Å². The van der Waals surface area contributed by atoms with Crippen molar-refractivity contribution in [2.45, 2.75) is 39.7 Å². The largest absolute Gasteiger partial charge is 0.339 e. The molecule has 2 N–H and O–H groups in total. The van der Waals surface area contributed by atoms with Gasteiger partial charge < -0.3 is 15.2 Å². The third-order valence-corrected chi connectivity index (χ3v) is 7.29. The van der Waals surface area contributed by atoms with Crippen molar-refractivity contribution in [1.82, 2.24) is 20.9 Å². The van der Waals surface area contributed by atoms with Crippen molar-refractivity contribution >= 4 is 40.4 Å². The van der Waals surface area contributed by atoms with Crippen LogP contribution in [0, 0.1) is 0 Å². The molecule has 0 fully saturated rings. The van der Waals surface area contributed by atoms with Gasteiger partial charge >= 0.3 is 0 Å². The lowest BCUT2D eigenvalue weighted by atomic mass is 9.90. The van der Waals surface area contributed by atoms with Gasteiger partial charge in [-0.25, -0.2) is 0 Å². The topological polar surface area (TPSA) is 67.9 Å². The number of fused-ring (bicyclic) bond motifs is 3. The van der Waals surface area contributed by atoms with E-state index in [1.807, 2.05) is 34.1 Å². The molecule has 1 atom stereocenters. The zero-order valence-corrected chi connectivity index (χ0v) is 21.0. The number of allylic oxidation sites excluding steroid dienone is 1. The summed E-state index contributed by atoms with van der Waals surface area (Å²) in [6.07, 6.45) is 3.70. The fourth-order valence-electron chi connectivity index (χ4n) is 5.34. The molecule has 2 aromatic rings. The molecule has 0 saturated carbocycles. The molecule has 2 aromatic carbocycles. The molecule has 3 heterocycles. The van der Waals surface area contributed by atoms with Gasteiger partial charge in [0.05, 0.1) is 17.4 Å². The summed E-state index contributed by atoms with van der Waals surface area (Å²) in [5.74, 6) is 0.0751. The molecule has 0 saturated heterocycles. The van der Waals surface area contributed by atoms with Gasteiger partial charge in [0.2, 0.25) is 11.8 Å². The molecule has 0 aliphatic carbocycles. The number of nitrogens with one attached hydrogen (secondary N) is 2. The van der Waals surface area contributed by atoms with E-state index >= 15 is 0 Å². The average molecular weight is 492 g/mol. The Balaban J connectivity index is 1.63. The second-order valence-electron chi connectivity index (χ2n) is 9.28. The highest BCUT2D eigenvalue weighted by Gasteiger charge is 2.35. The Labute approximate surface area is 211 Å². The van der Waals surface area contributed by atoms with Crippen molar-refractivity contribution in [2.24, 2.45) is 0 Å². The number of halogens is 1. The lowest BCUT2D eigenvalue weighted by Crippen LogP contribution is -2.39. The first-order valence-corrected chi connectivity index (χ1v) is 12.4. The molecule has 0 bridgehead atoms. The van der Waals surface area contributed by atoms with E-state index < -0.39 is 0 Å². The summed E-state index contributed by atoms with van der Waals surface area (Å²) in [6, 6.07) is 13.9. The number of carbonyl (C=O) groups excluding carboxylic acids is 2. The third kappa shape index (κ3) is 4.42. The Morgan fingerprint density at radius 3 is 2.63 bits per heavy atom. The number of benzene rings is 2. The van der Waals surface area contributed by atoms with Crippen molar-refractivity contribution in [1.29, 1.82) is 0 Å². The summed E-state index contributed by atoms with van der Waals surface area (Å²) in [7, 11) is 0. The van der Waals surface area contributed by atoms with Crippen molar-refractivity contribution < 1.29 is 9.59 Å². The van der Waals surface area contributed by atoms with Crippen LogP contribution in [0.5, 0.6) is 0 Å². The highest BCUT2D eigenvalue weighted by molar-refractivity contribution is 6.30. The number of amides is 2. The zero-order valence-electron chi connectivity index (χ0n) is 20.3. The molecule has 8 heteroatoms. The molecule has 35 heavy (non-hydrogen) atoms. The molecule has 182 valence electrons. The molecule has 0 spiro atoms. The third-order valence-electron chi connectivity index (χ3n) is 7.06. The van der Waals surface area contributed by atoms with Crippen molar-refractivity contribution in [3.05, 3.63) is 76.0 Å². The fraction of sp³-hybridized carbons (Fsp3) is 0.333. The lowest BCUT2D eigenvalue weighted by molar-refractivity contribution is -0.128. The van der Waals surface area contributed by atoms with Gasteiger partial charge in [0, 0.05) is 49.8 Å². The smallest absolute Gasteiger partial charge is 0.224 e. The van der Waals surface area contributed by atoms with Gasteiger partial charge in [-0.2, -0.15) is 0 Å². The van der Waals surface area contributed by atoms with Gasteiger partial charge in [-0.15, -0.1) is 5.53 Å². The highest BCUT2D eigenvalue weighted by Crippen LogP contribution is 2.41. The maximum atomic E-state index is 13.1. The van der Waals surface area contributed by atoms with Crippen LogP contribution in [0.3, 0.4) is 0 Å². The van der Waals surface area contributed by atoms with Crippen molar-refractivity contribution in [3.63, 3.8) is 0 Å². The van der Waals surface area contributed by atoms with Crippen LogP contribution in [-0.4, -0.2) is 41.4 Å². The second kappa shape index (κ2) is 9.40. The van der Waals surface area contributed by atoms with Crippen LogP contribution in [0.15, 0.2) is 54.2 Å². The monoisotopic (exact) mass is 491 g/mol. The van der Waals surface area contributed by atoms with Crippen molar-refractivity contribution in [3.8, 4) is 0 Å². The van der Waals surface area contributed by atoms with Crippen LogP contribution in [0.25, 0.3) is 11.3 Å². The van der Waals surface area contributed by atoms with Crippen LogP contribution < -0.4 is 15.9 Å². The van der Waals surface area contributed by atoms with E-state index in [1.54, 1.807) is 13.8 Å². The number of nitrogens with zero attached hydrogens (tertiary/aromatic N) is 3. The maximum absolute atomic E-state index is 13.1. The zero-order chi connectivity index (χ0) is 24.7. The quantitative estimate of drug-likeness (QED) is 0.662. The molecule has 7 nitrogen and oxygen atoms in total. The fourth-order valence-corrected chi connectivity index (χ4v) is 5.52. The molecule has 0 radical (unpaired) electrons. The first kappa shape index (κ1) is 23.5. The predicted molar refractivity (Wildman–Crippen MR) is 139 cm³/mol. The van der Waals surface area contributed by atoms with Crippen LogP contribution in [0.1, 0.15) is 56.3 Å². The van der Waals surface area contributed by atoms with E-state index in [0.29, 0.717) is 11.6 Å². The van der Waals surface area contributed by atoms with Crippen molar-refractivity contribution in [2.75, 3.05) is 24.5 Å². The van der Waals surface area contributed by atoms with Gasteiger partial charge in [0.1, 0.15) is 0 Å². The number of hydrogen-bond acceptors (Lipinski definition) is 5. The van der Waals surface area contributed by atoms with Gasteiger partial charge in [-0.3, -0.25) is 14.6 Å². The van der Waals surface area contributed by atoms with Crippen LogP contribution in [0.2, 0.25) is 5.02 Å². The molecule has 2 amide bonds. The Hall–Kier alpha value is -3.29. The predicted octanol–water partition coefficient (Wildman–Crippen LogP) is 4.49. The number of anilines is 1. The highest BCUT2D eigenvalue weighted by atomic mass is 35.5. The SMILES string of the molecule is CC(=O)N1CC=C(c2ccc3c(c2)C(N(C(C)=O)c2cccc(Cl)c2)CCN2NNC(C)=C32)CC1. The Morgan fingerprint density at radius 1 is 1.11 bits per heavy atom. The van der Waals surface area contributed by atoms with Gasteiger partial charge in [0.15, 0.2) is 0 Å². The van der Waals surface area contributed by atoms with Crippen LogP contribution in [0.4, 0.5) is 5.69 Å². The summed E-state index contributed by atoms with van der Waals surface area (Å²) >= 11 is 6.32. The van der Waals surface area contributed by atoms with E-state index in [2.05, 4.69) is 47.2 Å². The molecule has 1 unspecified atom stereocenters. The van der Waals surface area contributed by atoms with Gasteiger partial charge in [-0.05, 0) is 60.7 Å². The molecule has 5 rings (SSSR count). The van der Waals surface area contributed by atoms with E-state index in [0.717, 1.165) is 59.7 Å². The summed E-state index contributed by atoms with van der Waals surface area (Å²) < 4.78 is 0.